The number of para-hydroxylation sites is 2. The fourth-order valence-electron chi connectivity index (χ4n) is 2.10. The summed E-state index contributed by atoms with van der Waals surface area (Å²) in [5.41, 5.74) is 2.21. The van der Waals surface area contributed by atoms with Gasteiger partial charge in [0.25, 0.3) is 0 Å². The summed E-state index contributed by atoms with van der Waals surface area (Å²) in [5, 5.41) is 9.91. The monoisotopic (exact) mass is 307 g/mol. The highest BCUT2D eigenvalue weighted by molar-refractivity contribution is 5.54. The molecular weight excluding hydrogens is 290 g/mol. The Morgan fingerprint density at radius 2 is 1.44 bits per heavy atom. The van der Waals surface area contributed by atoms with Crippen LogP contribution in [0.4, 0.5) is 5.69 Å². The Balaban J connectivity index is 0.00000162. The lowest BCUT2D eigenvalue weighted by Gasteiger charge is -2.29. The SMILES string of the molecule is C[N+](C)(Cc1ccccc1)c1ccccc1O.[Br-]. The molecule has 2 aromatic carbocycles. The summed E-state index contributed by atoms with van der Waals surface area (Å²) in [5.74, 6) is 0.355. The van der Waals surface area contributed by atoms with Gasteiger partial charge in [0.05, 0.1) is 14.1 Å². The van der Waals surface area contributed by atoms with Crippen molar-refractivity contribution in [3.05, 3.63) is 60.2 Å². The third-order valence-corrected chi connectivity index (χ3v) is 2.95. The van der Waals surface area contributed by atoms with Crippen LogP contribution in [-0.4, -0.2) is 19.2 Å². The normalized spacial score (nSPS) is 10.8. The van der Waals surface area contributed by atoms with Gasteiger partial charge in [-0.25, -0.2) is 0 Å². The first-order chi connectivity index (χ1) is 8.09. The fraction of sp³-hybridized carbons (Fsp3) is 0.200. The molecule has 96 valence electrons. The van der Waals surface area contributed by atoms with E-state index in [4.69, 9.17) is 0 Å². The summed E-state index contributed by atoms with van der Waals surface area (Å²) in [7, 11) is 4.20. The van der Waals surface area contributed by atoms with E-state index < -0.39 is 0 Å². The van der Waals surface area contributed by atoms with Crippen molar-refractivity contribution in [2.24, 2.45) is 0 Å². The number of halogens is 1. The van der Waals surface area contributed by atoms with Gasteiger partial charge in [-0.1, -0.05) is 42.5 Å². The van der Waals surface area contributed by atoms with Gasteiger partial charge in [-0.15, -0.1) is 0 Å². The van der Waals surface area contributed by atoms with Gasteiger partial charge in [0.2, 0.25) is 0 Å². The number of hydrogen-bond donors (Lipinski definition) is 1. The molecule has 1 N–H and O–H groups in total. The summed E-state index contributed by atoms with van der Waals surface area (Å²) >= 11 is 0. The van der Waals surface area contributed by atoms with Crippen LogP contribution < -0.4 is 21.5 Å². The number of nitrogens with zero attached hydrogens (tertiary/aromatic N) is 1. The third kappa shape index (κ3) is 3.34. The molecule has 2 rings (SSSR count). The van der Waals surface area contributed by atoms with Gasteiger partial charge in [0, 0.05) is 11.6 Å². The van der Waals surface area contributed by atoms with Crippen LogP contribution >= 0.6 is 0 Å². The van der Waals surface area contributed by atoms with Crippen LogP contribution in [-0.2, 0) is 6.54 Å². The average molecular weight is 308 g/mol. The third-order valence-electron chi connectivity index (χ3n) is 2.95. The van der Waals surface area contributed by atoms with Crippen molar-refractivity contribution in [3.63, 3.8) is 0 Å². The molecule has 0 atom stereocenters. The maximum Gasteiger partial charge on any atom is 0.177 e. The van der Waals surface area contributed by atoms with Crippen LogP contribution in [0.5, 0.6) is 5.75 Å². The number of phenolic OH excluding ortho intramolecular Hbond substituents is 1. The molecule has 0 fully saturated rings. The minimum absolute atomic E-state index is 0. The Bertz CT molecular complexity index is 497. The molecule has 0 unspecified atom stereocenters. The molecule has 0 aromatic heterocycles. The second-order valence-electron chi connectivity index (χ2n) is 4.82. The summed E-state index contributed by atoms with van der Waals surface area (Å²) in [6, 6.07) is 17.8. The van der Waals surface area contributed by atoms with Gasteiger partial charge >= 0.3 is 0 Å². The zero-order valence-electron chi connectivity index (χ0n) is 10.7. The maximum atomic E-state index is 9.91. The molecule has 0 spiro atoms. The van der Waals surface area contributed by atoms with Gasteiger partial charge < -0.3 is 22.1 Å². The largest absolute Gasteiger partial charge is 1.00 e. The van der Waals surface area contributed by atoms with Crippen LogP contribution in [0.2, 0.25) is 0 Å². The number of hydrogen-bond acceptors (Lipinski definition) is 1. The van der Waals surface area contributed by atoms with Crippen molar-refractivity contribution in [2.45, 2.75) is 6.54 Å². The van der Waals surface area contributed by atoms with Crippen LogP contribution in [0.25, 0.3) is 0 Å². The molecule has 0 amide bonds. The summed E-state index contributed by atoms with van der Waals surface area (Å²) in [6.07, 6.45) is 0. The zero-order chi connectivity index (χ0) is 12.3. The van der Waals surface area contributed by atoms with E-state index >= 15 is 0 Å². The van der Waals surface area contributed by atoms with Crippen LogP contribution in [0.15, 0.2) is 54.6 Å². The zero-order valence-corrected chi connectivity index (χ0v) is 12.3. The van der Waals surface area contributed by atoms with E-state index in [1.54, 1.807) is 6.07 Å². The van der Waals surface area contributed by atoms with Gasteiger partial charge in [-0.05, 0) is 6.07 Å². The molecule has 0 saturated carbocycles. The second kappa shape index (κ2) is 6.03. The molecule has 0 aliphatic heterocycles. The number of phenols is 1. The maximum absolute atomic E-state index is 9.91. The van der Waals surface area contributed by atoms with E-state index in [-0.39, 0.29) is 17.0 Å². The molecule has 0 aliphatic rings. The van der Waals surface area contributed by atoms with Crippen LogP contribution in [0.3, 0.4) is 0 Å². The molecule has 0 aliphatic carbocycles. The van der Waals surface area contributed by atoms with Crippen molar-refractivity contribution < 1.29 is 22.1 Å². The molecule has 18 heavy (non-hydrogen) atoms. The average Bonchev–Trinajstić information content (AvgIpc) is 2.30. The Labute approximate surface area is 119 Å². The summed E-state index contributed by atoms with van der Waals surface area (Å²) in [6.45, 7) is 0.860. The van der Waals surface area contributed by atoms with Crippen molar-refractivity contribution in [1.82, 2.24) is 4.48 Å². The van der Waals surface area contributed by atoms with E-state index in [2.05, 4.69) is 26.2 Å². The first-order valence-electron chi connectivity index (χ1n) is 5.75. The smallest absolute Gasteiger partial charge is 0.177 e. The fourth-order valence-corrected chi connectivity index (χ4v) is 2.10. The number of quaternary nitrogens is 1. The predicted molar refractivity (Wildman–Crippen MR) is 71.9 cm³/mol. The Morgan fingerprint density at radius 3 is 2.06 bits per heavy atom. The molecular formula is C15H18BrNO. The number of aromatic hydroxyl groups is 1. The molecule has 0 bridgehead atoms. The Morgan fingerprint density at radius 1 is 0.889 bits per heavy atom. The van der Waals surface area contributed by atoms with Gasteiger partial charge in [0.15, 0.2) is 11.4 Å². The summed E-state index contributed by atoms with van der Waals surface area (Å²) in [4.78, 5) is 0. The minimum Gasteiger partial charge on any atom is -1.00 e. The van der Waals surface area contributed by atoms with Crippen molar-refractivity contribution in [3.8, 4) is 5.75 Å². The highest BCUT2D eigenvalue weighted by Gasteiger charge is 2.22. The number of rotatable bonds is 3. The van der Waals surface area contributed by atoms with Gasteiger partial charge in [0.1, 0.15) is 6.54 Å². The van der Waals surface area contributed by atoms with Crippen molar-refractivity contribution >= 4 is 5.69 Å². The highest BCUT2D eigenvalue weighted by Crippen LogP contribution is 2.31. The van der Waals surface area contributed by atoms with Crippen molar-refractivity contribution in [2.75, 3.05) is 14.1 Å². The van der Waals surface area contributed by atoms with Gasteiger partial charge in [-0.3, -0.25) is 4.48 Å². The van der Waals surface area contributed by atoms with E-state index in [0.29, 0.717) is 10.2 Å². The first kappa shape index (κ1) is 14.7. The lowest BCUT2D eigenvalue weighted by Crippen LogP contribution is -3.00. The van der Waals surface area contributed by atoms with Crippen LogP contribution in [0, 0.1) is 0 Å². The molecule has 2 nitrogen and oxygen atoms in total. The van der Waals surface area contributed by atoms with Gasteiger partial charge in [-0.2, -0.15) is 0 Å². The molecule has 0 heterocycles. The van der Waals surface area contributed by atoms with E-state index in [1.807, 2.05) is 36.4 Å². The van der Waals surface area contributed by atoms with E-state index in [9.17, 15) is 5.11 Å². The molecule has 2 aromatic rings. The van der Waals surface area contributed by atoms with Crippen LogP contribution in [0.1, 0.15) is 5.56 Å². The topological polar surface area (TPSA) is 20.2 Å². The van der Waals surface area contributed by atoms with Crippen molar-refractivity contribution in [1.29, 1.82) is 0 Å². The summed E-state index contributed by atoms with van der Waals surface area (Å²) < 4.78 is 0.636. The Kier molecular flexibility index (Phi) is 4.93. The first-order valence-corrected chi connectivity index (χ1v) is 5.75. The second-order valence-corrected chi connectivity index (χ2v) is 4.82. The predicted octanol–water partition coefficient (Wildman–Crippen LogP) is 0.163. The lowest BCUT2D eigenvalue weighted by atomic mass is 10.1. The molecule has 3 heteroatoms. The minimum atomic E-state index is 0. The highest BCUT2D eigenvalue weighted by atomic mass is 79.9. The quantitative estimate of drug-likeness (QED) is 0.801. The molecule has 0 radical (unpaired) electrons. The Hall–Kier alpha value is -1.32. The lowest BCUT2D eigenvalue weighted by molar-refractivity contribution is -0.00000482. The standard InChI is InChI=1S/C15H17NO.BrH/c1-16(2,12-13-8-4-3-5-9-13)14-10-6-7-11-15(14)17;/h3-11H,12H2,1-2H3;1H. The number of benzene rings is 2. The van der Waals surface area contributed by atoms with E-state index in [0.717, 1.165) is 12.2 Å². The van der Waals surface area contributed by atoms with E-state index in [1.165, 1.54) is 5.56 Å². The molecule has 0 saturated heterocycles.